The summed E-state index contributed by atoms with van der Waals surface area (Å²) in [5.74, 6) is -0.640. The highest BCUT2D eigenvalue weighted by molar-refractivity contribution is 7.92. The minimum Gasteiger partial charge on any atom is -0.481 e. The molecular weight excluding hydrogens is 382 g/mol. The van der Waals surface area contributed by atoms with Crippen LogP contribution < -0.4 is 20.3 Å². The zero-order chi connectivity index (χ0) is 20.9. The smallest absolute Gasteiger partial charge is 0.279 e. The van der Waals surface area contributed by atoms with E-state index in [0.717, 1.165) is 17.4 Å². The number of hydrogen-bond donors (Lipinski definition) is 3. The van der Waals surface area contributed by atoms with Gasteiger partial charge in [0.05, 0.1) is 17.5 Å². The molecule has 0 aliphatic heterocycles. The number of rotatable bonds is 6. The second-order valence-corrected chi connectivity index (χ2v) is 8.07. The fraction of sp³-hybridized carbons (Fsp3) is 0.263. The Morgan fingerprint density at radius 2 is 1.68 bits per heavy atom. The van der Waals surface area contributed by atoms with Gasteiger partial charge in [0, 0.05) is 0 Å². The molecule has 2 aromatic carbocycles. The van der Waals surface area contributed by atoms with Crippen molar-refractivity contribution in [2.75, 3.05) is 11.0 Å². The fourth-order valence-electron chi connectivity index (χ4n) is 2.35. The van der Waals surface area contributed by atoms with Crippen LogP contribution in [0.2, 0.25) is 0 Å². The van der Waals surface area contributed by atoms with Gasteiger partial charge in [0.2, 0.25) is 10.0 Å². The zero-order valence-corrected chi connectivity index (χ0v) is 16.9. The van der Waals surface area contributed by atoms with Crippen LogP contribution in [0.15, 0.2) is 42.5 Å². The molecule has 0 spiro atoms. The third-order valence-corrected chi connectivity index (χ3v) is 4.58. The van der Waals surface area contributed by atoms with Gasteiger partial charge < -0.3 is 4.74 Å². The summed E-state index contributed by atoms with van der Waals surface area (Å²) in [7, 11) is -3.56. The highest BCUT2D eigenvalue weighted by atomic mass is 32.2. The van der Waals surface area contributed by atoms with E-state index in [9.17, 15) is 18.0 Å². The number of nitrogens with one attached hydrogen (secondary N) is 3. The van der Waals surface area contributed by atoms with Gasteiger partial charge in [-0.2, -0.15) is 0 Å². The molecule has 2 amide bonds. The Morgan fingerprint density at radius 1 is 1.00 bits per heavy atom. The Morgan fingerprint density at radius 3 is 2.36 bits per heavy atom. The molecule has 0 aromatic heterocycles. The molecule has 9 heteroatoms. The molecule has 0 saturated heterocycles. The van der Waals surface area contributed by atoms with Crippen molar-refractivity contribution in [1.29, 1.82) is 0 Å². The van der Waals surface area contributed by atoms with Crippen LogP contribution in [0.1, 0.15) is 28.4 Å². The van der Waals surface area contributed by atoms with Crippen molar-refractivity contribution >= 4 is 27.5 Å². The van der Waals surface area contributed by atoms with Crippen LogP contribution in [0.5, 0.6) is 5.75 Å². The second-order valence-electron chi connectivity index (χ2n) is 6.32. The number of aryl methyl sites for hydroxylation is 1. The summed E-state index contributed by atoms with van der Waals surface area (Å²) in [5, 5.41) is 0. The Labute approximate surface area is 164 Å². The third-order valence-electron chi connectivity index (χ3n) is 3.99. The molecule has 2 aromatic rings. The van der Waals surface area contributed by atoms with Crippen molar-refractivity contribution < 1.29 is 22.7 Å². The van der Waals surface area contributed by atoms with E-state index in [1.54, 1.807) is 25.1 Å². The number of benzene rings is 2. The minimum atomic E-state index is -3.56. The van der Waals surface area contributed by atoms with E-state index in [1.807, 2.05) is 26.0 Å². The first-order valence-electron chi connectivity index (χ1n) is 8.48. The van der Waals surface area contributed by atoms with E-state index in [2.05, 4.69) is 15.6 Å². The molecule has 0 aliphatic carbocycles. The van der Waals surface area contributed by atoms with E-state index in [0.29, 0.717) is 5.75 Å². The Bertz CT molecular complexity index is 989. The van der Waals surface area contributed by atoms with E-state index < -0.39 is 27.9 Å². The van der Waals surface area contributed by atoms with Gasteiger partial charge in [-0.05, 0) is 50.1 Å². The van der Waals surface area contributed by atoms with Crippen LogP contribution in [0.3, 0.4) is 0 Å². The largest absolute Gasteiger partial charge is 0.481 e. The number of ether oxygens (including phenoxy) is 1. The van der Waals surface area contributed by atoms with Crippen LogP contribution in [0, 0.1) is 13.8 Å². The predicted molar refractivity (Wildman–Crippen MR) is 107 cm³/mol. The highest BCUT2D eigenvalue weighted by Gasteiger charge is 2.18. The summed E-state index contributed by atoms with van der Waals surface area (Å²) in [6.07, 6.45) is 0.126. The van der Waals surface area contributed by atoms with E-state index >= 15 is 0 Å². The second kappa shape index (κ2) is 8.75. The van der Waals surface area contributed by atoms with Gasteiger partial charge in [0.1, 0.15) is 5.75 Å². The lowest BCUT2D eigenvalue weighted by atomic mass is 10.1. The van der Waals surface area contributed by atoms with Crippen molar-refractivity contribution in [1.82, 2.24) is 10.9 Å². The first-order chi connectivity index (χ1) is 13.1. The van der Waals surface area contributed by atoms with E-state index in [1.165, 1.54) is 12.1 Å². The predicted octanol–water partition coefficient (Wildman–Crippen LogP) is 1.90. The lowest BCUT2D eigenvalue weighted by molar-refractivity contribution is -0.128. The number of carbonyl (C=O) groups excluding carboxylic acids is 2. The molecule has 0 radical (unpaired) electrons. The number of sulfonamides is 1. The summed E-state index contributed by atoms with van der Waals surface area (Å²) in [6.45, 7) is 5.39. The van der Waals surface area contributed by atoms with Gasteiger partial charge in [-0.25, -0.2) is 8.42 Å². The summed E-state index contributed by atoms with van der Waals surface area (Å²) in [4.78, 5) is 24.6. The van der Waals surface area contributed by atoms with Gasteiger partial charge in [0.25, 0.3) is 11.8 Å². The third kappa shape index (κ3) is 5.71. The number of para-hydroxylation sites is 1. The maximum Gasteiger partial charge on any atom is 0.279 e. The van der Waals surface area contributed by atoms with Gasteiger partial charge >= 0.3 is 0 Å². The quantitative estimate of drug-likeness (QED) is 0.635. The Kier molecular flexibility index (Phi) is 6.63. The highest BCUT2D eigenvalue weighted by Crippen LogP contribution is 2.21. The molecule has 0 bridgehead atoms. The van der Waals surface area contributed by atoms with Crippen molar-refractivity contribution in [3.05, 3.63) is 59.2 Å². The maximum absolute atomic E-state index is 12.3. The first-order valence-corrected chi connectivity index (χ1v) is 10.4. The number of carbonyl (C=O) groups is 2. The molecule has 1 unspecified atom stereocenters. The van der Waals surface area contributed by atoms with E-state index in [-0.39, 0.29) is 11.3 Å². The average Bonchev–Trinajstić information content (AvgIpc) is 2.62. The maximum atomic E-state index is 12.3. The van der Waals surface area contributed by atoms with Crippen molar-refractivity contribution in [3.8, 4) is 5.75 Å². The average molecular weight is 405 g/mol. The van der Waals surface area contributed by atoms with Gasteiger partial charge in [-0.1, -0.05) is 24.3 Å². The lowest BCUT2D eigenvalue weighted by Gasteiger charge is -2.17. The standard InChI is InChI=1S/C19H23N3O5S/c1-12-8-7-11-17(13(12)2)27-14(3)18(23)20-21-19(24)15-9-5-6-10-16(15)22-28(4,25)26/h5-11,14,22H,1-4H3,(H,20,23)(H,21,24). The van der Waals surface area contributed by atoms with Crippen LogP contribution in [0.25, 0.3) is 0 Å². The van der Waals surface area contributed by atoms with Crippen molar-refractivity contribution in [2.24, 2.45) is 0 Å². The van der Waals surface area contributed by atoms with Crippen molar-refractivity contribution in [2.45, 2.75) is 26.9 Å². The molecule has 8 nitrogen and oxygen atoms in total. The zero-order valence-electron chi connectivity index (χ0n) is 16.1. The van der Waals surface area contributed by atoms with Crippen LogP contribution >= 0.6 is 0 Å². The minimum absolute atomic E-state index is 0.0660. The number of hydrogen-bond acceptors (Lipinski definition) is 5. The summed E-state index contributed by atoms with van der Waals surface area (Å²) < 4.78 is 30.8. The molecule has 150 valence electrons. The van der Waals surface area contributed by atoms with E-state index in [4.69, 9.17) is 4.74 Å². The summed E-state index contributed by atoms with van der Waals surface area (Å²) in [5.41, 5.74) is 6.68. The molecular formula is C19H23N3O5S. The van der Waals surface area contributed by atoms with Gasteiger partial charge in [0.15, 0.2) is 6.10 Å². The molecule has 1 atom stereocenters. The fourth-order valence-corrected chi connectivity index (χ4v) is 2.93. The summed E-state index contributed by atoms with van der Waals surface area (Å²) >= 11 is 0. The molecule has 28 heavy (non-hydrogen) atoms. The normalized spacial score (nSPS) is 12.0. The van der Waals surface area contributed by atoms with Gasteiger partial charge in [-0.3, -0.25) is 25.2 Å². The Hall–Kier alpha value is -3.07. The number of anilines is 1. The molecule has 0 aliphatic rings. The van der Waals surface area contributed by atoms with Crippen LogP contribution in [-0.2, 0) is 14.8 Å². The molecule has 2 rings (SSSR count). The molecule has 0 heterocycles. The SMILES string of the molecule is Cc1cccc(OC(C)C(=O)NNC(=O)c2ccccc2NS(C)(=O)=O)c1C. The van der Waals surface area contributed by atoms with Crippen molar-refractivity contribution in [3.63, 3.8) is 0 Å². The number of amides is 2. The lowest BCUT2D eigenvalue weighted by Crippen LogP contribution is -2.47. The number of hydrazine groups is 1. The Balaban J connectivity index is 2.01. The molecule has 0 saturated carbocycles. The first kappa shape index (κ1) is 21.2. The van der Waals surface area contributed by atoms with Gasteiger partial charge in [-0.15, -0.1) is 0 Å². The summed E-state index contributed by atoms with van der Waals surface area (Å²) in [6, 6.07) is 11.6. The molecule has 3 N–H and O–H groups in total. The monoisotopic (exact) mass is 405 g/mol. The van der Waals surface area contributed by atoms with Crippen LogP contribution in [-0.4, -0.2) is 32.6 Å². The van der Waals surface area contributed by atoms with Crippen LogP contribution in [0.4, 0.5) is 5.69 Å². The topological polar surface area (TPSA) is 114 Å². The molecule has 0 fully saturated rings.